The zero-order valence-corrected chi connectivity index (χ0v) is 21.0. The Morgan fingerprint density at radius 2 is 2.09 bits per heavy atom. The molecule has 0 bridgehead atoms. The second kappa shape index (κ2) is 10.2. The minimum absolute atomic E-state index is 0.229. The van der Waals surface area contributed by atoms with Crippen LogP contribution in [-0.2, 0) is 20.0 Å². The van der Waals surface area contributed by atoms with Crippen molar-refractivity contribution in [1.29, 1.82) is 0 Å². The second-order valence-corrected chi connectivity index (χ2v) is 9.59. The lowest BCUT2D eigenvalue weighted by Gasteiger charge is -2.33. The van der Waals surface area contributed by atoms with E-state index in [0.29, 0.717) is 37.7 Å². The molecule has 10 heteroatoms. The van der Waals surface area contributed by atoms with Crippen molar-refractivity contribution in [3.63, 3.8) is 0 Å². The quantitative estimate of drug-likeness (QED) is 0.412. The summed E-state index contributed by atoms with van der Waals surface area (Å²) in [7, 11) is 1.96. The maximum atomic E-state index is 14.8. The maximum Gasteiger partial charge on any atom is 0.230 e. The van der Waals surface area contributed by atoms with Gasteiger partial charge < -0.3 is 20.6 Å². The number of aliphatic hydroxyl groups is 1. The fraction of sp³-hybridized carbons (Fsp3) is 0.520. The van der Waals surface area contributed by atoms with Gasteiger partial charge >= 0.3 is 0 Å². The monoisotopic (exact) mass is 482 g/mol. The molecule has 0 unspecified atom stereocenters. The number of allylic oxidation sites excluding steroid dienone is 2. The van der Waals surface area contributed by atoms with Crippen LogP contribution in [0.25, 0.3) is 0 Å². The summed E-state index contributed by atoms with van der Waals surface area (Å²) < 4.78 is 16.7. The summed E-state index contributed by atoms with van der Waals surface area (Å²) in [6.45, 7) is 12.5. The van der Waals surface area contributed by atoms with E-state index in [1.807, 2.05) is 29.6 Å². The number of halogens is 1. The number of aryl methyl sites for hydroxylation is 1. The highest BCUT2D eigenvalue weighted by molar-refractivity contribution is 5.50. The number of nitrogens with one attached hydrogen (secondary N) is 2. The first-order valence-electron chi connectivity index (χ1n) is 12.1. The molecule has 0 aliphatic carbocycles. The number of fused-ring (bicyclic) bond motifs is 1. The SMILES string of the molecule is C=N/C(=C\C=C(/C)C1(O)CCNCC1)Nc1ncc(F)c(N2CCc3nn(C)c(C(C)C)c3C2)n1. The van der Waals surface area contributed by atoms with Gasteiger partial charge in [-0.1, -0.05) is 19.9 Å². The van der Waals surface area contributed by atoms with Crippen LogP contribution in [0.1, 0.15) is 56.5 Å². The molecule has 2 aliphatic heterocycles. The molecular weight excluding hydrogens is 447 g/mol. The lowest BCUT2D eigenvalue weighted by atomic mass is 9.85. The summed E-state index contributed by atoms with van der Waals surface area (Å²) in [6, 6.07) is 0. The van der Waals surface area contributed by atoms with E-state index >= 15 is 0 Å². The Morgan fingerprint density at radius 3 is 2.77 bits per heavy atom. The largest absolute Gasteiger partial charge is 0.385 e. The topological polar surface area (TPSA) is 103 Å². The first-order chi connectivity index (χ1) is 16.7. The van der Waals surface area contributed by atoms with Crippen molar-refractivity contribution < 1.29 is 9.50 Å². The number of piperidine rings is 1. The van der Waals surface area contributed by atoms with Gasteiger partial charge in [-0.3, -0.25) is 4.68 Å². The Labute approximate surface area is 205 Å². The molecule has 4 heterocycles. The van der Waals surface area contributed by atoms with Crippen molar-refractivity contribution in [1.82, 2.24) is 25.1 Å². The van der Waals surface area contributed by atoms with Crippen LogP contribution in [0.2, 0.25) is 0 Å². The normalized spacial score (nSPS) is 18.5. The minimum Gasteiger partial charge on any atom is -0.385 e. The van der Waals surface area contributed by atoms with E-state index in [0.717, 1.165) is 42.0 Å². The molecular formula is C25H35FN8O. The number of hydrogen-bond acceptors (Lipinski definition) is 8. The van der Waals surface area contributed by atoms with Crippen LogP contribution < -0.4 is 15.5 Å². The predicted octanol–water partition coefficient (Wildman–Crippen LogP) is 3.05. The molecule has 35 heavy (non-hydrogen) atoms. The van der Waals surface area contributed by atoms with Gasteiger partial charge in [-0.25, -0.2) is 14.4 Å². The molecule has 1 fully saturated rings. The van der Waals surface area contributed by atoms with Gasteiger partial charge in [0.15, 0.2) is 11.6 Å². The van der Waals surface area contributed by atoms with Crippen LogP contribution in [0, 0.1) is 5.82 Å². The fourth-order valence-corrected chi connectivity index (χ4v) is 4.91. The Kier molecular flexibility index (Phi) is 7.32. The summed E-state index contributed by atoms with van der Waals surface area (Å²) in [5.41, 5.74) is 3.40. The van der Waals surface area contributed by atoms with Crippen molar-refractivity contribution >= 4 is 18.5 Å². The summed E-state index contributed by atoms with van der Waals surface area (Å²) in [6.07, 6.45) is 6.77. The molecule has 0 amide bonds. The van der Waals surface area contributed by atoms with Gasteiger partial charge in [0.05, 0.1) is 17.5 Å². The van der Waals surface area contributed by atoms with Crippen LogP contribution >= 0.6 is 0 Å². The van der Waals surface area contributed by atoms with E-state index in [-0.39, 0.29) is 11.8 Å². The zero-order chi connectivity index (χ0) is 25.2. The van der Waals surface area contributed by atoms with Crippen LogP contribution in [0.5, 0.6) is 0 Å². The molecule has 3 N–H and O–H groups in total. The Hall–Kier alpha value is -3.11. The fourth-order valence-electron chi connectivity index (χ4n) is 4.91. The van der Waals surface area contributed by atoms with Crippen LogP contribution in [-0.4, -0.2) is 56.8 Å². The van der Waals surface area contributed by atoms with Crippen LogP contribution in [0.3, 0.4) is 0 Å². The first kappa shape index (κ1) is 25.0. The van der Waals surface area contributed by atoms with E-state index in [1.54, 1.807) is 6.08 Å². The van der Waals surface area contributed by atoms with E-state index < -0.39 is 11.4 Å². The number of aromatic nitrogens is 4. The van der Waals surface area contributed by atoms with E-state index in [4.69, 9.17) is 0 Å². The van der Waals surface area contributed by atoms with E-state index in [1.165, 1.54) is 6.20 Å². The number of hydrogen-bond donors (Lipinski definition) is 3. The molecule has 0 atom stereocenters. The van der Waals surface area contributed by atoms with Crippen LogP contribution in [0.4, 0.5) is 16.2 Å². The van der Waals surface area contributed by atoms with Crippen molar-refractivity contribution in [2.45, 2.75) is 58.1 Å². The van der Waals surface area contributed by atoms with Crippen molar-refractivity contribution in [2.75, 3.05) is 29.9 Å². The predicted molar refractivity (Wildman–Crippen MR) is 136 cm³/mol. The molecule has 2 aromatic heterocycles. The average molecular weight is 483 g/mol. The summed E-state index contributed by atoms with van der Waals surface area (Å²) in [5, 5.41) is 21.8. The third-order valence-corrected chi connectivity index (χ3v) is 6.88. The molecule has 2 aliphatic rings. The van der Waals surface area contributed by atoms with Gasteiger partial charge in [0.25, 0.3) is 0 Å². The first-order valence-corrected chi connectivity index (χ1v) is 12.1. The Morgan fingerprint density at radius 1 is 1.34 bits per heavy atom. The highest BCUT2D eigenvalue weighted by Crippen LogP contribution is 2.31. The number of nitrogens with zero attached hydrogens (tertiary/aromatic N) is 6. The summed E-state index contributed by atoms with van der Waals surface area (Å²) in [5.74, 6) is 0.720. The number of aliphatic imine (C=N–C) groups is 1. The molecule has 0 aromatic carbocycles. The Bertz CT molecular complexity index is 1150. The van der Waals surface area contributed by atoms with Crippen LogP contribution in [0.15, 0.2) is 34.7 Å². The van der Waals surface area contributed by atoms with Gasteiger partial charge in [-0.2, -0.15) is 10.1 Å². The molecule has 0 saturated carbocycles. The third-order valence-electron chi connectivity index (χ3n) is 6.88. The lowest BCUT2D eigenvalue weighted by Crippen LogP contribution is -2.42. The highest BCUT2D eigenvalue weighted by Gasteiger charge is 2.30. The molecule has 4 rings (SSSR count). The molecule has 188 valence electrons. The summed E-state index contributed by atoms with van der Waals surface area (Å²) in [4.78, 5) is 14.5. The molecule has 1 saturated heterocycles. The Balaban J connectivity index is 1.54. The van der Waals surface area contributed by atoms with Gasteiger partial charge in [0.1, 0.15) is 5.82 Å². The molecule has 9 nitrogen and oxygen atoms in total. The number of anilines is 2. The lowest BCUT2D eigenvalue weighted by molar-refractivity contribution is 0.0464. The van der Waals surface area contributed by atoms with Gasteiger partial charge in [-0.15, -0.1) is 0 Å². The van der Waals surface area contributed by atoms with Crippen molar-refractivity contribution in [3.05, 3.63) is 52.5 Å². The van der Waals surface area contributed by atoms with Gasteiger partial charge in [0.2, 0.25) is 5.95 Å². The van der Waals surface area contributed by atoms with Crippen molar-refractivity contribution in [3.8, 4) is 0 Å². The smallest absolute Gasteiger partial charge is 0.230 e. The maximum absolute atomic E-state index is 14.8. The second-order valence-electron chi connectivity index (χ2n) is 9.59. The van der Waals surface area contributed by atoms with Gasteiger partial charge in [0, 0.05) is 37.8 Å². The number of rotatable bonds is 7. The van der Waals surface area contributed by atoms with E-state index in [9.17, 15) is 9.50 Å². The third kappa shape index (κ3) is 5.28. The highest BCUT2D eigenvalue weighted by atomic mass is 19.1. The minimum atomic E-state index is -0.832. The zero-order valence-electron chi connectivity index (χ0n) is 21.0. The molecule has 0 spiro atoms. The van der Waals surface area contributed by atoms with Crippen molar-refractivity contribution in [2.24, 2.45) is 12.0 Å². The van der Waals surface area contributed by atoms with Gasteiger partial charge in [-0.05, 0) is 57.1 Å². The van der Waals surface area contributed by atoms with E-state index in [2.05, 4.69) is 51.3 Å². The molecule has 0 radical (unpaired) electrons. The molecule has 2 aromatic rings. The average Bonchev–Trinajstić information content (AvgIpc) is 3.18. The summed E-state index contributed by atoms with van der Waals surface area (Å²) >= 11 is 0. The standard InChI is InChI=1S/C25H35FN8O/c1-16(2)22-18-15-34(13-8-20(18)32-33(22)5)23-19(26)14-29-24(31-23)30-21(27-4)7-6-17(3)25(35)9-11-28-12-10-25/h6-7,14,16,28,35H,4,8-13,15H2,1-3,5H3,(H,29,30,31)/b17-6+,21-7+.